The van der Waals surface area contributed by atoms with Gasteiger partial charge in [-0.3, -0.25) is 4.90 Å². The van der Waals surface area contributed by atoms with E-state index in [2.05, 4.69) is 14.8 Å². The van der Waals surface area contributed by atoms with Gasteiger partial charge in [-0.2, -0.15) is 0 Å². The maximum Gasteiger partial charge on any atom is 0.196 e. The normalized spacial score (nSPS) is 25.2. The lowest BCUT2D eigenvalue weighted by Crippen LogP contribution is -2.43. The molecule has 2 fully saturated rings. The van der Waals surface area contributed by atoms with Crippen LogP contribution in [0, 0.1) is 0 Å². The average Bonchev–Trinajstić information content (AvgIpc) is 2.77. The van der Waals surface area contributed by atoms with Crippen molar-refractivity contribution in [3.63, 3.8) is 0 Å². The third kappa shape index (κ3) is 2.89. The maximum atomic E-state index is 6.19. The summed E-state index contributed by atoms with van der Waals surface area (Å²) in [6, 6.07) is 10.6. The molecule has 2 heterocycles. The molecule has 4 heteroatoms. The molecule has 4 nitrogen and oxygen atoms in total. The molecule has 0 saturated carbocycles. The van der Waals surface area contributed by atoms with Crippen molar-refractivity contribution in [3.05, 3.63) is 30.3 Å². The van der Waals surface area contributed by atoms with Gasteiger partial charge in [-0.25, -0.2) is 4.99 Å². The van der Waals surface area contributed by atoms with E-state index in [-0.39, 0.29) is 0 Å². The van der Waals surface area contributed by atoms with Gasteiger partial charge in [0.25, 0.3) is 0 Å². The van der Waals surface area contributed by atoms with Crippen molar-refractivity contribution in [2.45, 2.75) is 25.3 Å². The molecule has 1 aromatic rings. The second-order valence-electron chi connectivity index (χ2n) is 5.44. The first-order chi connectivity index (χ1) is 9.33. The molecule has 1 atom stereocenters. The number of nitrogens with zero attached hydrogens (tertiary/aromatic N) is 3. The molecule has 3 rings (SSSR count). The van der Waals surface area contributed by atoms with E-state index in [4.69, 9.17) is 5.73 Å². The van der Waals surface area contributed by atoms with Gasteiger partial charge in [-0.05, 0) is 37.9 Å². The van der Waals surface area contributed by atoms with Crippen LogP contribution in [0.1, 0.15) is 19.3 Å². The molecule has 0 amide bonds. The summed E-state index contributed by atoms with van der Waals surface area (Å²) in [5, 5.41) is 0. The van der Waals surface area contributed by atoms with Gasteiger partial charge in [-0.1, -0.05) is 18.2 Å². The summed E-state index contributed by atoms with van der Waals surface area (Å²) in [5.74, 6) is 0.667. The van der Waals surface area contributed by atoms with Crippen LogP contribution in [0.3, 0.4) is 0 Å². The molecular weight excluding hydrogens is 236 g/mol. The van der Waals surface area contributed by atoms with Crippen molar-refractivity contribution in [2.75, 3.05) is 26.2 Å². The van der Waals surface area contributed by atoms with Crippen LogP contribution in [0.4, 0.5) is 5.69 Å². The summed E-state index contributed by atoms with van der Waals surface area (Å²) in [4.78, 5) is 9.40. The van der Waals surface area contributed by atoms with Crippen LogP contribution in [-0.4, -0.2) is 48.0 Å². The van der Waals surface area contributed by atoms with Crippen molar-refractivity contribution >= 4 is 11.6 Å². The number of hydrogen-bond acceptors (Lipinski definition) is 2. The zero-order valence-corrected chi connectivity index (χ0v) is 11.3. The van der Waals surface area contributed by atoms with Gasteiger partial charge < -0.3 is 10.6 Å². The minimum absolute atomic E-state index is 0.667. The molecule has 2 aliphatic heterocycles. The monoisotopic (exact) mass is 258 g/mol. The highest BCUT2D eigenvalue weighted by molar-refractivity contribution is 5.81. The number of aliphatic imine (C=N–C) groups is 1. The van der Waals surface area contributed by atoms with E-state index >= 15 is 0 Å². The first-order valence-corrected chi connectivity index (χ1v) is 7.21. The van der Waals surface area contributed by atoms with Gasteiger partial charge in [0, 0.05) is 25.7 Å². The summed E-state index contributed by atoms with van der Waals surface area (Å²) in [7, 11) is 0. The molecular formula is C15H22N4. The third-order valence-electron chi connectivity index (χ3n) is 4.13. The summed E-state index contributed by atoms with van der Waals surface area (Å²) in [6.07, 6.45) is 3.81. The Labute approximate surface area is 114 Å². The van der Waals surface area contributed by atoms with Crippen LogP contribution >= 0.6 is 0 Å². The van der Waals surface area contributed by atoms with Crippen LogP contribution in [-0.2, 0) is 0 Å². The second kappa shape index (κ2) is 5.61. The number of hydrogen-bond donors (Lipinski definition) is 1. The molecule has 1 aromatic carbocycles. The Balaban J connectivity index is 1.72. The predicted octanol–water partition coefficient (Wildman–Crippen LogP) is 1.80. The molecule has 19 heavy (non-hydrogen) atoms. The van der Waals surface area contributed by atoms with E-state index < -0.39 is 0 Å². The van der Waals surface area contributed by atoms with E-state index in [0.29, 0.717) is 12.0 Å². The largest absolute Gasteiger partial charge is 0.369 e. The Morgan fingerprint density at radius 1 is 1.11 bits per heavy atom. The first-order valence-electron chi connectivity index (χ1n) is 7.21. The lowest BCUT2D eigenvalue weighted by atomic mass is 10.2. The summed E-state index contributed by atoms with van der Waals surface area (Å²) in [5.41, 5.74) is 7.13. The smallest absolute Gasteiger partial charge is 0.196 e. The molecule has 0 bridgehead atoms. The molecule has 102 valence electrons. The summed E-state index contributed by atoms with van der Waals surface area (Å²) < 4.78 is 0. The standard InChI is InChI=1S/C15H22N4/c16-15(17-13-6-2-1-3-7-13)19-11-5-10-18-9-4-8-14(18)12-19/h1-3,6-7,14H,4-5,8-12H2,(H2,16,17). The Kier molecular flexibility index (Phi) is 3.69. The Hall–Kier alpha value is -1.55. The van der Waals surface area contributed by atoms with Crippen molar-refractivity contribution in [2.24, 2.45) is 10.7 Å². The number of guanidine groups is 1. The Bertz CT molecular complexity index is 443. The highest BCUT2D eigenvalue weighted by Crippen LogP contribution is 2.21. The Morgan fingerprint density at radius 3 is 2.74 bits per heavy atom. The predicted molar refractivity (Wildman–Crippen MR) is 78.5 cm³/mol. The minimum atomic E-state index is 0.667. The van der Waals surface area contributed by atoms with Gasteiger partial charge in [0.15, 0.2) is 5.96 Å². The number of nitrogens with two attached hydrogens (primary N) is 1. The zero-order valence-electron chi connectivity index (χ0n) is 11.3. The summed E-state index contributed by atoms with van der Waals surface area (Å²) >= 11 is 0. The van der Waals surface area contributed by atoms with Crippen molar-refractivity contribution in [3.8, 4) is 0 Å². The lowest BCUT2D eigenvalue weighted by Gasteiger charge is -2.26. The number of rotatable bonds is 1. The zero-order chi connectivity index (χ0) is 13.1. The van der Waals surface area contributed by atoms with Crippen molar-refractivity contribution < 1.29 is 0 Å². The fraction of sp³-hybridized carbons (Fsp3) is 0.533. The van der Waals surface area contributed by atoms with E-state index in [1.165, 1.54) is 32.4 Å². The van der Waals surface area contributed by atoms with Crippen LogP contribution in [0.5, 0.6) is 0 Å². The molecule has 0 aliphatic carbocycles. The number of benzene rings is 1. The molecule has 0 spiro atoms. The molecule has 1 unspecified atom stereocenters. The average molecular weight is 258 g/mol. The van der Waals surface area contributed by atoms with Crippen LogP contribution in [0.25, 0.3) is 0 Å². The molecule has 2 aliphatic rings. The fourth-order valence-electron chi connectivity index (χ4n) is 3.12. The van der Waals surface area contributed by atoms with Crippen molar-refractivity contribution in [1.29, 1.82) is 0 Å². The second-order valence-corrected chi connectivity index (χ2v) is 5.44. The Morgan fingerprint density at radius 2 is 1.89 bits per heavy atom. The lowest BCUT2D eigenvalue weighted by molar-refractivity contribution is 0.255. The molecule has 0 radical (unpaired) electrons. The quantitative estimate of drug-likeness (QED) is 0.617. The van der Waals surface area contributed by atoms with Crippen LogP contribution in [0.2, 0.25) is 0 Å². The van der Waals surface area contributed by atoms with E-state index in [1.54, 1.807) is 0 Å². The molecule has 0 aromatic heterocycles. The van der Waals surface area contributed by atoms with Gasteiger partial charge in [0.2, 0.25) is 0 Å². The van der Waals surface area contributed by atoms with E-state index in [0.717, 1.165) is 18.8 Å². The van der Waals surface area contributed by atoms with Gasteiger partial charge in [0.1, 0.15) is 0 Å². The highest BCUT2D eigenvalue weighted by atomic mass is 15.3. The number of para-hydroxylation sites is 1. The highest BCUT2D eigenvalue weighted by Gasteiger charge is 2.29. The molecule has 2 N–H and O–H groups in total. The summed E-state index contributed by atoms with van der Waals surface area (Å²) in [6.45, 7) is 4.52. The molecule has 2 saturated heterocycles. The van der Waals surface area contributed by atoms with Gasteiger partial charge in [0.05, 0.1) is 5.69 Å². The van der Waals surface area contributed by atoms with Crippen molar-refractivity contribution in [1.82, 2.24) is 9.80 Å². The van der Waals surface area contributed by atoms with Gasteiger partial charge in [-0.15, -0.1) is 0 Å². The number of fused-ring (bicyclic) bond motifs is 1. The van der Waals surface area contributed by atoms with Crippen LogP contribution < -0.4 is 5.73 Å². The van der Waals surface area contributed by atoms with E-state index in [9.17, 15) is 0 Å². The van der Waals surface area contributed by atoms with Crippen LogP contribution in [0.15, 0.2) is 35.3 Å². The maximum absolute atomic E-state index is 6.19. The van der Waals surface area contributed by atoms with Gasteiger partial charge >= 0.3 is 0 Å². The SMILES string of the molecule is NC(=Nc1ccccc1)N1CCCN2CCCC2C1. The third-order valence-corrected chi connectivity index (χ3v) is 4.13. The topological polar surface area (TPSA) is 44.9 Å². The van der Waals surface area contributed by atoms with E-state index in [1.807, 2.05) is 30.3 Å². The fourth-order valence-corrected chi connectivity index (χ4v) is 3.12. The first kappa shape index (κ1) is 12.5. The minimum Gasteiger partial charge on any atom is -0.369 e.